The maximum absolute atomic E-state index is 12.5. The van der Waals surface area contributed by atoms with Crippen molar-refractivity contribution in [1.82, 2.24) is 9.88 Å². The summed E-state index contributed by atoms with van der Waals surface area (Å²) in [4.78, 5) is 29.9. The van der Waals surface area contributed by atoms with Crippen molar-refractivity contribution in [2.75, 3.05) is 18.4 Å². The SMILES string of the molecule is N#Cc1ccc(NC(=O)C2CC(=O)N(CCc3c[nH]c4ccccc34)C2)cc1. The highest BCUT2D eigenvalue weighted by molar-refractivity contribution is 5.97. The molecule has 1 fully saturated rings. The molecule has 6 heteroatoms. The van der Waals surface area contributed by atoms with Gasteiger partial charge in [0.15, 0.2) is 0 Å². The van der Waals surface area contributed by atoms with Gasteiger partial charge in [0.2, 0.25) is 11.8 Å². The molecule has 1 aromatic heterocycles. The van der Waals surface area contributed by atoms with E-state index in [4.69, 9.17) is 5.26 Å². The molecule has 3 aromatic rings. The smallest absolute Gasteiger partial charge is 0.229 e. The van der Waals surface area contributed by atoms with Gasteiger partial charge in [-0.2, -0.15) is 5.26 Å². The van der Waals surface area contributed by atoms with E-state index in [1.807, 2.05) is 30.5 Å². The maximum atomic E-state index is 12.5. The first-order valence-electron chi connectivity index (χ1n) is 9.28. The van der Waals surface area contributed by atoms with E-state index >= 15 is 0 Å². The number of rotatable bonds is 5. The number of aromatic nitrogens is 1. The summed E-state index contributed by atoms with van der Waals surface area (Å²) >= 11 is 0. The number of H-pyrrole nitrogens is 1. The normalized spacial score (nSPS) is 16.3. The first-order chi connectivity index (χ1) is 13.6. The van der Waals surface area contributed by atoms with Crippen molar-refractivity contribution in [3.63, 3.8) is 0 Å². The van der Waals surface area contributed by atoms with Crippen LogP contribution in [0.15, 0.2) is 54.7 Å². The molecule has 1 aliphatic heterocycles. The lowest BCUT2D eigenvalue weighted by Gasteiger charge is -2.16. The number of hydrogen-bond donors (Lipinski definition) is 2. The van der Waals surface area contributed by atoms with Crippen LogP contribution in [0.1, 0.15) is 17.5 Å². The minimum Gasteiger partial charge on any atom is -0.361 e. The third kappa shape index (κ3) is 3.60. The molecule has 1 aliphatic rings. The number of carbonyl (C=O) groups is 2. The zero-order valence-electron chi connectivity index (χ0n) is 15.3. The van der Waals surface area contributed by atoms with Crippen LogP contribution in [0, 0.1) is 17.2 Å². The standard InChI is InChI=1S/C22H20N4O2/c23-12-15-5-7-18(8-6-15)25-22(28)17-11-21(27)26(14-17)10-9-16-13-24-20-4-2-1-3-19(16)20/h1-8,13,17,24H,9-11,14H2,(H,25,28). The fourth-order valence-corrected chi connectivity index (χ4v) is 3.63. The highest BCUT2D eigenvalue weighted by Crippen LogP contribution is 2.23. The Morgan fingerprint density at radius 1 is 1.21 bits per heavy atom. The van der Waals surface area contributed by atoms with Crippen LogP contribution >= 0.6 is 0 Å². The Balaban J connectivity index is 1.35. The number of aromatic amines is 1. The fraction of sp³-hybridized carbons (Fsp3) is 0.227. The van der Waals surface area contributed by atoms with E-state index in [-0.39, 0.29) is 24.2 Å². The number of fused-ring (bicyclic) bond motifs is 1. The van der Waals surface area contributed by atoms with E-state index < -0.39 is 0 Å². The van der Waals surface area contributed by atoms with Crippen molar-refractivity contribution in [3.8, 4) is 6.07 Å². The highest BCUT2D eigenvalue weighted by atomic mass is 16.2. The Kier molecular flexibility index (Phi) is 4.81. The number of carbonyl (C=O) groups excluding carboxylic acids is 2. The summed E-state index contributed by atoms with van der Waals surface area (Å²) in [6.45, 7) is 1.03. The van der Waals surface area contributed by atoms with Gasteiger partial charge in [-0.05, 0) is 42.3 Å². The number of nitrogens with one attached hydrogen (secondary N) is 2. The van der Waals surface area contributed by atoms with Crippen molar-refractivity contribution >= 4 is 28.4 Å². The van der Waals surface area contributed by atoms with Gasteiger partial charge < -0.3 is 15.2 Å². The lowest BCUT2D eigenvalue weighted by atomic mass is 10.1. The van der Waals surface area contributed by atoms with Crippen LogP contribution in [0.5, 0.6) is 0 Å². The molecule has 2 N–H and O–H groups in total. The number of benzene rings is 2. The molecule has 1 saturated heterocycles. The number of hydrogen-bond acceptors (Lipinski definition) is 3. The first kappa shape index (κ1) is 17.8. The summed E-state index contributed by atoms with van der Waals surface area (Å²) in [5.41, 5.74) is 3.44. The molecule has 2 heterocycles. The molecule has 0 spiro atoms. The average molecular weight is 372 g/mol. The zero-order valence-corrected chi connectivity index (χ0v) is 15.3. The molecule has 0 radical (unpaired) electrons. The molecular formula is C22H20N4O2. The molecule has 4 rings (SSSR count). The van der Waals surface area contributed by atoms with E-state index in [1.54, 1.807) is 29.2 Å². The Labute approximate surface area is 162 Å². The molecule has 2 amide bonds. The van der Waals surface area contributed by atoms with Gasteiger partial charge in [0.25, 0.3) is 0 Å². The third-order valence-electron chi connectivity index (χ3n) is 5.19. The van der Waals surface area contributed by atoms with Gasteiger partial charge in [-0.25, -0.2) is 0 Å². The van der Waals surface area contributed by atoms with E-state index in [2.05, 4.69) is 16.4 Å². The number of nitriles is 1. The average Bonchev–Trinajstić information content (AvgIpc) is 3.30. The largest absolute Gasteiger partial charge is 0.361 e. The van der Waals surface area contributed by atoms with E-state index in [0.717, 1.165) is 11.9 Å². The predicted octanol–water partition coefficient (Wildman–Crippen LogP) is 3.07. The lowest BCUT2D eigenvalue weighted by Crippen LogP contribution is -2.30. The van der Waals surface area contributed by atoms with Crippen LogP contribution in [0.3, 0.4) is 0 Å². The molecule has 0 bridgehead atoms. The Morgan fingerprint density at radius 3 is 2.79 bits per heavy atom. The monoisotopic (exact) mass is 372 g/mol. The molecule has 140 valence electrons. The quantitative estimate of drug-likeness (QED) is 0.721. The maximum Gasteiger partial charge on any atom is 0.229 e. The summed E-state index contributed by atoms with van der Waals surface area (Å²) in [6, 6.07) is 16.8. The number of anilines is 1. The minimum atomic E-state index is -0.355. The van der Waals surface area contributed by atoms with Crippen molar-refractivity contribution in [1.29, 1.82) is 5.26 Å². The summed E-state index contributed by atoms with van der Waals surface area (Å²) < 4.78 is 0. The van der Waals surface area contributed by atoms with Gasteiger partial charge in [-0.3, -0.25) is 9.59 Å². The van der Waals surface area contributed by atoms with E-state index in [1.165, 1.54) is 10.9 Å². The second kappa shape index (κ2) is 7.57. The molecule has 1 atom stereocenters. The van der Waals surface area contributed by atoms with Crippen LogP contribution in [0.2, 0.25) is 0 Å². The molecular weight excluding hydrogens is 352 g/mol. The van der Waals surface area contributed by atoms with Crippen LogP contribution in [-0.2, 0) is 16.0 Å². The van der Waals surface area contributed by atoms with Gasteiger partial charge in [0.05, 0.1) is 17.6 Å². The number of amides is 2. The van der Waals surface area contributed by atoms with Gasteiger partial charge in [-0.15, -0.1) is 0 Å². The summed E-state index contributed by atoms with van der Waals surface area (Å²) in [6.07, 6.45) is 2.97. The van der Waals surface area contributed by atoms with Crippen LogP contribution < -0.4 is 5.32 Å². The fourth-order valence-electron chi connectivity index (χ4n) is 3.63. The van der Waals surface area contributed by atoms with Crippen LogP contribution in [-0.4, -0.2) is 34.8 Å². The Morgan fingerprint density at radius 2 is 2.00 bits per heavy atom. The molecule has 28 heavy (non-hydrogen) atoms. The van der Waals surface area contributed by atoms with Crippen molar-refractivity contribution in [3.05, 3.63) is 65.9 Å². The molecule has 6 nitrogen and oxygen atoms in total. The highest BCUT2D eigenvalue weighted by Gasteiger charge is 2.34. The third-order valence-corrected chi connectivity index (χ3v) is 5.19. The van der Waals surface area contributed by atoms with Crippen LogP contribution in [0.4, 0.5) is 5.69 Å². The zero-order chi connectivity index (χ0) is 19.5. The molecule has 2 aromatic carbocycles. The number of likely N-dealkylation sites (tertiary alicyclic amines) is 1. The second-order valence-corrected chi connectivity index (χ2v) is 7.03. The molecule has 1 unspecified atom stereocenters. The second-order valence-electron chi connectivity index (χ2n) is 7.03. The van der Waals surface area contributed by atoms with Crippen molar-refractivity contribution in [2.24, 2.45) is 5.92 Å². The minimum absolute atomic E-state index is 0.0137. The Bertz CT molecular complexity index is 1060. The molecule has 0 aliphatic carbocycles. The predicted molar refractivity (Wildman–Crippen MR) is 106 cm³/mol. The summed E-state index contributed by atoms with van der Waals surface area (Å²) in [5, 5.41) is 12.8. The van der Waals surface area contributed by atoms with E-state index in [9.17, 15) is 9.59 Å². The van der Waals surface area contributed by atoms with Gasteiger partial charge >= 0.3 is 0 Å². The lowest BCUT2D eigenvalue weighted by molar-refractivity contribution is -0.128. The number of nitrogens with zero attached hydrogens (tertiary/aromatic N) is 2. The topological polar surface area (TPSA) is 89.0 Å². The van der Waals surface area contributed by atoms with Gasteiger partial charge in [0.1, 0.15) is 0 Å². The van der Waals surface area contributed by atoms with Crippen molar-refractivity contribution < 1.29 is 9.59 Å². The van der Waals surface area contributed by atoms with Crippen LogP contribution in [0.25, 0.3) is 10.9 Å². The van der Waals surface area contributed by atoms with Gasteiger partial charge in [-0.1, -0.05) is 18.2 Å². The Hall–Kier alpha value is -3.59. The van der Waals surface area contributed by atoms with E-state index in [0.29, 0.717) is 24.3 Å². The number of para-hydroxylation sites is 1. The van der Waals surface area contributed by atoms with Crippen molar-refractivity contribution in [2.45, 2.75) is 12.8 Å². The molecule has 0 saturated carbocycles. The van der Waals surface area contributed by atoms with Gasteiger partial charge in [0, 0.05) is 42.3 Å². The summed E-state index contributed by atoms with van der Waals surface area (Å²) in [7, 11) is 0. The summed E-state index contributed by atoms with van der Waals surface area (Å²) in [5.74, 6) is -0.501. The first-order valence-corrected chi connectivity index (χ1v) is 9.28.